The van der Waals surface area contributed by atoms with Gasteiger partial charge in [-0.25, -0.2) is 4.79 Å². The van der Waals surface area contributed by atoms with Crippen LogP contribution in [0.5, 0.6) is 0 Å². The molecule has 4 heteroatoms. The number of amides is 1. The standard InChI is InChI=1S/C21H27NO3/c1-21(2,3)25-20(24)22-12-10-15(11-13-22)17-7-5-8-18-16(14-23)6-4-9-19(17)18/h4-9,15,23H,10-14H2,1-3H3. The molecule has 1 fully saturated rings. The Morgan fingerprint density at radius 1 is 1.12 bits per heavy atom. The van der Waals surface area contributed by atoms with E-state index >= 15 is 0 Å². The van der Waals surface area contributed by atoms with Crippen molar-refractivity contribution >= 4 is 16.9 Å². The van der Waals surface area contributed by atoms with E-state index in [1.165, 1.54) is 10.9 Å². The van der Waals surface area contributed by atoms with Crippen LogP contribution < -0.4 is 0 Å². The van der Waals surface area contributed by atoms with Crippen molar-refractivity contribution in [1.29, 1.82) is 0 Å². The van der Waals surface area contributed by atoms with Crippen LogP contribution in [0.3, 0.4) is 0 Å². The largest absolute Gasteiger partial charge is 0.444 e. The monoisotopic (exact) mass is 341 g/mol. The Hall–Kier alpha value is -2.07. The van der Waals surface area contributed by atoms with Crippen molar-refractivity contribution in [1.82, 2.24) is 4.90 Å². The number of benzene rings is 2. The number of piperidine rings is 1. The zero-order chi connectivity index (χ0) is 18.0. The van der Waals surface area contributed by atoms with E-state index in [2.05, 4.69) is 24.3 Å². The molecular weight excluding hydrogens is 314 g/mol. The number of carbonyl (C=O) groups excluding carboxylic acids is 1. The fourth-order valence-electron chi connectivity index (χ4n) is 3.59. The molecule has 0 unspecified atom stereocenters. The first-order valence-corrected chi connectivity index (χ1v) is 8.98. The number of ether oxygens (including phenoxy) is 1. The minimum Gasteiger partial charge on any atom is -0.444 e. The average molecular weight is 341 g/mol. The van der Waals surface area contributed by atoms with Crippen LogP contribution in [0.4, 0.5) is 4.79 Å². The molecule has 0 aromatic heterocycles. The smallest absolute Gasteiger partial charge is 0.410 e. The number of carbonyl (C=O) groups is 1. The van der Waals surface area contributed by atoms with Crippen molar-refractivity contribution in [3.8, 4) is 0 Å². The second-order valence-electron chi connectivity index (χ2n) is 7.76. The molecule has 0 atom stereocenters. The SMILES string of the molecule is CC(C)(C)OC(=O)N1CCC(c2cccc3c(CO)cccc23)CC1. The Morgan fingerprint density at radius 3 is 2.40 bits per heavy atom. The summed E-state index contributed by atoms with van der Waals surface area (Å²) in [7, 11) is 0. The number of aliphatic hydroxyl groups is 1. The maximum absolute atomic E-state index is 12.2. The van der Waals surface area contributed by atoms with Gasteiger partial charge in [-0.2, -0.15) is 0 Å². The summed E-state index contributed by atoms with van der Waals surface area (Å²) >= 11 is 0. The molecule has 25 heavy (non-hydrogen) atoms. The van der Waals surface area contributed by atoms with Crippen LogP contribution in [0.15, 0.2) is 36.4 Å². The minimum absolute atomic E-state index is 0.0535. The lowest BCUT2D eigenvalue weighted by atomic mass is 9.86. The molecule has 1 aliphatic heterocycles. The predicted octanol–water partition coefficient (Wildman–Crippen LogP) is 4.45. The van der Waals surface area contributed by atoms with Gasteiger partial charge >= 0.3 is 6.09 Å². The summed E-state index contributed by atoms with van der Waals surface area (Å²) < 4.78 is 5.48. The van der Waals surface area contributed by atoms with Crippen LogP contribution in [-0.2, 0) is 11.3 Å². The molecule has 134 valence electrons. The molecule has 1 amide bonds. The Balaban J connectivity index is 1.76. The molecule has 1 saturated heterocycles. The van der Waals surface area contributed by atoms with Gasteiger partial charge in [0.1, 0.15) is 5.60 Å². The van der Waals surface area contributed by atoms with Gasteiger partial charge in [-0.3, -0.25) is 0 Å². The van der Waals surface area contributed by atoms with Gasteiger partial charge in [-0.15, -0.1) is 0 Å². The summed E-state index contributed by atoms with van der Waals surface area (Å²) in [6.07, 6.45) is 1.65. The molecule has 4 nitrogen and oxygen atoms in total. The van der Waals surface area contributed by atoms with Gasteiger partial charge in [0.2, 0.25) is 0 Å². The van der Waals surface area contributed by atoms with Gasteiger partial charge < -0.3 is 14.7 Å². The lowest BCUT2D eigenvalue weighted by Crippen LogP contribution is -2.41. The lowest BCUT2D eigenvalue weighted by molar-refractivity contribution is 0.0205. The maximum Gasteiger partial charge on any atom is 0.410 e. The number of likely N-dealkylation sites (tertiary alicyclic amines) is 1. The van der Waals surface area contributed by atoms with Gasteiger partial charge in [0.25, 0.3) is 0 Å². The van der Waals surface area contributed by atoms with E-state index in [4.69, 9.17) is 4.74 Å². The molecule has 0 radical (unpaired) electrons. The van der Waals surface area contributed by atoms with Crippen LogP contribution in [-0.4, -0.2) is 34.8 Å². The van der Waals surface area contributed by atoms with E-state index in [1.807, 2.05) is 37.8 Å². The molecule has 2 aromatic carbocycles. The second kappa shape index (κ2) is 7.04. The van der Waals surface area contributed by atoms with Gasteiger partial charge in [0.15, 0.2) is 0 Å². The van der Waals surface area contributed by atoms with Crippen LogP contribution in [0.25, 0.3) is 10.8 Å². The summed E-state index contributed by atoms with van der Waals surface area (Å²) in [5.41, 5.74) is 1.83. The van der Waals surface area contributed by atoms with E-state index in [9.17, 15) is 9.90 Å². The first-order valence-electron chi connectivity index (χ1n) is 8.98. The summed E-state index contributed by atoms with van der Waals surface area (Å²) in [6.45, 7) is 7.18. The number of nitrogens with zero attached hydrogens (tertiary/aromatic N) is 1. The lowest BCUT2D eigenvalue weighted by Gasteiger charge is -2.34. The van der Waals surface area contributed by atoms with E-state index < -0.39 is 5.60 Å². The number of hydrogen-bond donors (Lipinski definition) is 1. The normalized spacial score (nSPS) is 16.2. The molecule has 0 aliphatic carbocycles. The van der Waals surface area contributed by atoms with Crippen LogP contribution >= 0.6 is 0 Å². The van der Waals surface area contributed by atoms with E-state index in [0.29, 0.717) is 5.92 Å². The highest BCUT2D eigenvalue weighted by Gasteiger charge is 2.28. The topological polar surface area (TPSA) is 49.8 Å². The van der Waals surface area contributed by atoms with Crippen LogP contribution in [0, 0.1) is 0 Å². The third-order valence-electron chi connectivity index (χ3n) is 4.80. The van der Waals surface area contributed by atoms with Gasteiger partial charge in [0.05, 0.1) is 6.61 Å². The molecule has 2 aromatic rings. The number of aliphatic hydroxyl groups excluding tert-OH is 1. The van der Waals surface area contributed by atoms with Crippen molar-refractivity contribution in [3.05, 3.63) is 47.5 Å². The van der Waals surface area contributed by atoms with Crippen molar-refractivity contribution in [2.75, 3.05) is 13.1 Å². The highest BCUT2D eigenvalue weighted by Crippen LogP contribution is 2.34. The Kier molecular flexibility index (Phi) is 5.00. The highest BCUT2D eigenvalue weighted by atomic mass is 16.6. The van der Waals surface area contributed by atoms with Crippen molar-refractivity contribution in [3.63, 3.8) is 0 Å². The Morgan fingerprint density at radius 2 is 1.76 bits per heavy atom. The quantitative estimate of drug-likeness (QED) is 0.878. The predicted molar refractivity (Wildman–Crippen MR) is 99.7 cm³/mol. The molecule has 3 rings (SSSR count). The number of hydrogen-bond acceptors (Lipinski definition) is 3. The summed E-state index contributed by atoms with van der Waals surface area (Å²) in [5, 5.41) is 11.9. The second-order valence-corrected chi connectivity index (χ2v) is 7.76. The fourth-order valence-corrected chi connectivity index (χ4v) is 3.59. The molecule has 0 spiro atoms. The summed E-state index contributed by atoms with van der Waals surface area (Å²) in [6, 6.07) is 12.4. The number of fused-ring (bicyclic) bond motifs is 1. The maximum atomic E-state index is 12.2. The Labute approximate surface area is 149 Å². The zero-order valence-corrected chi connectivity index (χ0v) is 15.3. The van der Waals surface area contributed by atoms with Gasteiger partial charge in [-0.1, -0.05) is 36.4 Å². The minimum atomic E-state index is -0.454. The van der Waals surface area contributed by atoms with E-state index in [-0.39, 0.29) is 12.7 Å². The van der Waals surface area contributed by atoms with Gasteiger partial charge in [0, 0.05) is 13.1 Å². The molecule has 1 heterocycles. The van der Waals surface area contributed by atoms with Crippen molar-refractivity contribution in [2.45, 2.75) is 51.7 Å². The van der Waals surface area contributed by atoms with Crippen molar-refractivity contribution in [2.24, 2.45) is 0 Å². The third kappa shape index (κ3) is 3.96. The molecule has 1 N–H and O–H groups in total. The Bertz CT molecular complexity index is 755. The molecular formula is C21H27NO3. The summed E-state index contributed by atoms with van der Waals surface area (Å²) in [5.74, 6) is 0.427. The molecule has 0 bridgehead atoms. The molecule has 1 aliphatic rings. The highest BCUT2D eigenvalue weighted by molar-refractivity contribution is 5.89. The van der Waals surface area contributed by atoms with E-state index in [0.717, 1.165) is 36.9 Å². The number of rotatable bonds is 2. The summed E-state index contributed by atoms with van der Waals surface area (Å²) in [4.78, 5) is 14.0. The third-order valence-corrected chi connectivity index (χ3v) is 4.80. The van der Waals surface area contributed by atoms with Crippen LogP contribution in [0.2, 0.25) is 0 Å². The van der Waals surface area contributed by atoms with Gasteiger partial charge in [-0.05, 0) is 61.4 Å². The fraction of sp³-hybridized carbons (Fsp3) is 0.476. The molecule has 0 saturated carbocycles. The average Bonchev–Trinajstić information content (AvgIpc) is 2.59. The first-order chi connectivity index (χ1) is 11.9. The zero-order valence-electron chi connectivity index (χ0n) is 15.3. The van der Waals surface area contributed by atoms with Crippen LogP contribution in [0.1, 0.15) is 50.7 Å². The first kappa shape index (κ1) is 17.7. The van der Waals surface area contributed by atoms with Crippen molar-refractivity contribution < 1.29 is 14.6 Å². The van der Waals surface area contributed by atoms with E-state index in [1.54, 1.807) is 0 Å².